The van der Waals surface area contributed by atoms with Crippen LogP contribution in [-0.2, 0) is 0 Å². The first-order chi connectivity index (χ1) is 8.16. The zero-order valence-electron chi connectivity index (χ0n) is 9.60. The van der Waals surface area contributed by atoms with Crippen LogP contribution < -0.4 is 5.73 Å². The second-order valence-corrected chi connectivity index (χ2v) is 4.95. The molecule has 0 amide bonds. The van der Waals surface area contributed by atoms with Crippen molar-refractivity contribution in [3.05, 3.63) is 59.7 Å². The normalized spacial score (nSPS) is 10.2. The molecule has 0 aliphatic carbocycles. The molecule has 0 atom stereocenters. The molecule has 2 aromatic rings. The first-order valence-corrected chi connectivity index (χ1v) is 6.16. The monoisotopic (exact) mass is 242 g/mol. The van der Waals surface area contributed by atoms with Gasteiger partial charge in [0.2, 0.25) is 0 Å². The van der Waals surface area contributed by atoms with E-state index in [-0.39, 0.29) is 5.84 Å². The molecule has 2 aromatic carbocycles. The smallest absolute Gasteiger partial charge is 0.123 e. The van der Waals surface area contributed by atoms with Crippen molar-refractivity contribution in [1.29, 1.82) is 5.41 Å². The van der Waals surface area contributed by atoms with E-state index in [1.165, 1.54) is 9.79 Å². The van der Waals surface area contributed by atoms with E-state index in [0.717, 1.165) is 11.1 Å². The van der Waals surface area contributed by atoms with Gasteiger partial charge in [-0.2, -0.15) is 0 Å². The summed E-state index contributed by atoms with van der Waals surface area (Å²) in [6, 6.07) is 16.2. The fourth-order valence-corrected chi connectivity index (χ4v) is 2.56. The van der Waals surface area contributed by atoms with Crippen molar-refractivity contribution in [3.63, 3.8) is 0 Å². The molecule has 17 heavy (non-hydrogen) atoms. The van der Waals surface area contributed by atoms with Gasteiger partial charge in [0.05, 0.1) is 0 Å². The van der Waals surface area contributed by atoms with Crippen LogP contribution in [0.4, 0.5) is 0 Å². The highest BCUT2D eigenvalue weighted by Crippen LogP contribution is 2.28. The van der Waals surface area contributed by atoms with E-state index in [0.29, 0.717) is 0 Å². The maximum Gasteiger partial charge on any atom is 0.123 e. The van der Waals surface area contributed by atoms with Crippen molar-refractivity contribution in [2.75, 3.05) is 0 Å². The van der Waals surface area contributed by atoms with Crippen LogP contribution in [0.15, 0.2) is 58.3 Å². The molecule has 0 aliphatic heterocycles. The van der Waals surface area contributed by atoms with Gasteiger partial charge in [-0.05, 0) is 42.8 Å². The Morgan fingerprint density at radius 3 is 2.35 bits per heavy atom. The number of hydrogen-bond acceptors (Lipinski definition) is 2. The molecular weight excluding hydrogens is 228 g/mol. The van der Waals surface area contributed by atoms with E-state index in [2.05, 4.69) is 18.2 Å². The first-order valence-electron chi connectivity index (χ1n) is 5.35. The van der Waals surface area contributed by atoms with Gasteiger partial charge in [-0.15, -0.1) is 0 Å². The Kier molecular flexibility index (Phi) is 3.49. The highest BCUT2D eigenvalue weighted by Gasteiger charge is 2.03. The van der Waals surface area contributed by atoms with Gasteiger partial charge in [-0.3, -0.25) is 5.41 Å². The van der Waals surface area contributed by atoms with E-state index < -0.39 is 0 Å². The van der Waals surface area contributed by atoms with Crippen LogP contribution in [0.2, 0.25) is 0 Å². The molecular formula is C14H14N2S. The Morgan fingerprint density at radius 2 is 1.76 bits per heavy atom. The molecule has 0 radical (unpaired) electrons. The summed E-state index contributed by atoms with van der Waals surface area (Å²) >= 11 is 1.71. The molecule has 3 N–H and O–H groups in total. The van der Waals surface area contributed by atoms with Gasteiger partial charge >= 0.3 is 0 Å². The fourth-order valence-electron chi connectivity index (χ4n) is 1.63. The van der Waals surface area contributed by atoms with Gasteiger partial charge in [-0.25, -0.2) is 0 Å². The molecule has 0 heterocycles. The highest BCUT2D eigenvalue weighted by molar-refractivity contribution is 7.99. The number of aryl methyl sites for hydroxylation is 1. The Labute approximate surface area is 105 Å². The van der Waals surface area contributed by atoms with Crippen molar-refractivity contribution in [3.8, 4) is 0 Å². The molecule has 3 heteroatoms. The zero-order valence-corrected chi connectivity index (χ0v) is 10.4. The number of amidine groups is 1. The molecule has 0 bridgehead atoms. The van der Waals surface area contributed by atoms with Crippen molar-refractivity contribution >= 4 is 17.6 Å². The molecule has 2 rings (SSSR count). The summed E-state index contributed by atoms with van der Waals surface area (Å²) in [4.78, 5) is 2.38. The molecule has 0 unspecified atom stereocenters. The number of rotatable bonds is 3. The van der Waals surface area contributed by atoms with E-state index in [1.807, 2.05) is 37.3 Å². The van der Waals surface area contributed by atoms with E-state index >= 15 is 0 Å². The lowest BCUT2D eigenvalue weighted by Gasteiger charge is -2.07. The van der Waals surface area contributed by atoms with Gasteiger partial charge in [0.1, 0.15) is 5.84 Å². The molecule has 0 saturated carbocycles. The Morgan fingerprint density at radius 1 is 1.06 bits per heavy atom. The Bertz CT molecular complexity index is 535. The number of nitrogens with two attached hydrogens (primary N) is 1. The lowest BCUT2D eigenvalue weighted by Crippen LogP contribution is -2.12. The summed E-state index contributed by atoms with van der Waals surface area (Å²) in [5, 5.41) is 7.44. The van der Waals surface area contributed by atoms with Crippen molar-refractivity contribution in [2.24, 2.45) is 5.73 Å². The third-order valence-corrected chi connectivity index (χ3v) is 3.46. The number of hydrogen-bond donors (Lipinski definition) is 2. The largest absolute Gasteiger partial charge is 0.384 e. The molecule has 0 aliphatic rings. The summed E-state index contributed by atoms with van der Waals surface area (Å²) in [6.45, 7) is 1.98. The topological polar surface area (TPSA) is 49.9 Å². The average molecular weight is 242 g/mol. The molecule has 0 fully saturated rings. The Balaban J connectivity index is 2.24. The molecule has 0 saturated heterocycles. The third kappa shape index (κ3) is 2.88. The first kappa shape index (κ1) is 11.7. The minimum Gasteiger partial charge on any atom is -0.384 e. The summed E-state index contributed by atoms with van der Waals surface area (Å²) in [7, 11) is 0. The SMILES string of the molecule is Cc1cc(Sc2ccccc2)ccc1C(=N)N. The van der Waals surface area contributed by atoms with Crippen molar-refractivity contribution < 1.29 is 0 Å². The minimum atomic E-state index is 0.124. The second kappa shape index (κ2) is 5.06. The summed E-state index contributed by atoms with van der Waals surface area (Å²) < 4.78 is 0. The van der Waals surface area contributed by atoms with Gasteiger partial charge < -0.3 is 5.73 Å². The number of benzene rings is 2. The fraction of sp³-hybridized carbons (Fsp3) is 0.0714. The third-order valence-electron chi connectivity index (χ3n) is 2.47. The van der Waals surface area contributed by atoms with Crippen LogP contribution in [0.25, 0.3) is 0 Å². The van der Waals surface area contributed by atoms with E-state index in [9.17, 15) is 0 Å². The molecule has 2 nitrogen and oxygen atoms in total. The standard InChI is InChI=1S/C14H14N2S/c1-10-9-12(7-8-13(10)14(15)16)17-11-5-3-2-4-6-11/h2-9H,1H3,(H3,15,16). The van der Waals surface area contributed by atoms with Gasteiger partial charge in [0, 0.05) is 15.4 Å². The summed E-state index contributed by atoms with van der Waals surface area (Å²) in [6.07, 6.45) is 0. The lowest BCUT2D eigenvalue weighted by atomic mass is 10.1. The Hall–Kier alpha value is -1.74. The minimum absolute atomic E-state index is 0.124. The summed E-state index contributed by atoms with van der Waals surface area (Å²) in [5.41, 5.74) is 7.34. The quantitative estimate of drug-likeness (QED) is 0.640. The van der Waals surface area contributed by atoms with Gasteiger partial charge in [0.25, 0.3) is 0 Å². The zero-order chi connectivity index (χ0) is 12.3. The van der Waals surface area contributed by atoms with E-state index in [4.69, 9.17) is 11.1 Å². The van der Waals surface area contributed by atoms with Crippen molar-refractivity contribution in [2.45, 2.75) is 16.7 Å². The van der Waals surface area contributed by atoms with Crippen LogP contribution >= 0.6 is 11.8 Å². The highest BCUT2D eigenvalue weighted by atomic mass is 32.2. The molecule has 0 spiro atoms. The van der Waals surface area contributed by atoms with Crippen LogP contribution in [-0.4, -0.2) is 5.84 Å². The summed E-state index contributed by atoms with van der Waals surface area (Å²) in [5.74, 6) is 0.124. The maximum absolute atomic E-state index is 7.44. The lowest BCUT2D eigenvalue weighted by molar-refractivity contribution is 1.30. The average Bonchev–Trinajstić information content (AvgIpc) is 2.30. The maximum atomic E-state index is 7.44. The van der Waals surface area contributed by atoms with E-state index in [1.54, 1.807) is 11.8 Å². The number of nitrogens with one attached hydrogen (secondary N) is 1. The van der Waals surface area contributed by atoms with Crippen LogP contribution in [0.3, 0.4) is 0 Å². The van der Waals surface area contributed by atoms with Crippen LogP contribution in [0.5, 0.6) is 0 Å². The van der Waals surface area contributed by atoms with Crippen LogP contribution in [0.1, 0.15) is 11.1 Å². The molecule has 0 aromatic heterocycles. The number of nitrogen functional groups attached to an aromatic ring is 1. The van der Waals surface area contributed by atoms with Gasteiger partial charge in [0.15, 0.2) is 0 Å². The second-order valence-electron chi connectivity index (χ2n) is 3.81. The molecule has 86 valence electrons. The predicted octanol–water partition coefficient (Wildman–Crippen LogP) is 3.43. The van der Waals surface area contributed by atoms with Crippen molar-refractivity contribution in [1.82, 2.24) is 0 Å². The van der Waals surface area contributed by atoms with Crippen LogP contribution in [0, 0.1) is 12.3 Å². The predicted molar refractivity (Wildman–Crippen MR) is 72.8 cm³/mol. The van der Waals surface area contributed by atoms with Gasteiger partial charge in [-0.1, -0.05) is 30.0 Å².